The molecule has 0 unspecified atom stereocenters. The Bertz CT molecular complexity index is 258. The Labute approximate surface area is 83.5 Å². The van der Waals surface area contributed by atoms with Crippen LogP contribution >= 0.6 is 24.0 Å². The third kappa shape index (κ3) is 2.58. The molecule has 1 aliphatic rings. The van der Waals surface area contributed by atoms with Gasteiger partial charge in [-0.3, -0.25) is 0 Å². The van der Waals surface area contributed by atoms with Gasteiger partial charge in [0.05, 0.1) is 0 Å². The standard InChI is InChI=1S/C9H10ClN.ClH/c10-7-2-1-3-9(6-7)11-8-4-5-8;/h1-3,6,8,11H,4-5H2;1H. The average molecular weight is 204 g/mol. The number of hydrogen-bond donors (Lipinski definition) is 1. The Balaban J connectivity index is 0.000000720. The predicted octanol–water partition coefficient (Wildman–Crippen LogP) is 3.34. The molecule has 0 amide bonds. The van der Waals surface area contributed by atoms with E-state index in [0.29, 0.717) is 6.04 Å². The Kier molecular flexibility index (Phi) is 3.24. The van der Waals surface area contributed by atoms with Crippen molar-refractivity contribution in [2.24, 2.45) is 0 Å². The zero-order valence-corrected chi connectivity index (χ0v) is 8.16. The molecule has 1 aromatic rings. The topological polar surface area (TPSA) is 12.0 Å². The van der Waals surface area contributed by atoms with Crippen LogP contribution in [-0.2, 0) is 0 Å². The summed E-state index contributed by atoms with van der Waals surface area (Å²) in [6.07, 6.45) is 2.60. The second kappa shape index (κ2) is 4.01. The summed E-state index contributed by atoms with van der Waals surface area (Å²) in [5.41, 5.74) is 1.14. The molecule has 1 fully saturated rings. The van der Waals surface area contributed by atoms with Crippen LogP contribution in [0.25, 0.3) is 0 Å². The Morgan fingerprint density at radius 2 is 2.08 bits per heavy atom. The number of anilines is 1. The number of rotatable bonds is 2. The number of benzene rings is 1. The summed E-state index contributed by atoms with van der Waals surface area (Å²) in [5, 5.41) is 4.17. The second-order valence-electron chi connectivity index (χ2n) is 2.93. The van der Waals surface area contributed by atoms with E-state index in [1.807, 2.05) is 24.3 Å². The van der Waals surface area contributed by atoms with Crippen molar-refractivity contribution >= 4 is 29.7 Å². The third-order valence-electron chi connectivity index (χ3n) is 1.77. The van der Waals surface area contributed by atoms with Gasteiger partial charge in [-0.25, -0.2) is 0 Å². The zero-order chi connectivity index (χ0) is 7.68. The minimum absolute atomic E-state index is 0. The molecule has 0 aliphatic heterocycles. The van der Waals surface area contributed by atoms with Crippen LogP contribution in [0, 0.1) is 0 Å². The highest BCUT2D eigenvalue weighted by atomic mass is 35.5. The molecule has 66 valence electrons. The summed E-state index contributed by atoms with van der Waals surface area (Å²) < 4.78 is 0. The van der Waals surface area contributed by atoms with Crippen molar-refractivity contribution in [1.29, 1.82) is 0 Å². The molecular weight excluding hydrogens is 193 g/mol. The summed E-state index contributed by atoms with van der Waals surface area (Å²) in [5.74, 6) is 0. The predicted molar refractivity (Wildman–Crippen MR) is 55.3 cm³/mol. The summed E-state index contributed by atoms with van der Waals surface area (Å²) in [7, 11) is 0. The lowest BCUT2D eigenvalue weighted by molar-refractivity contribution is 1.16. The Morgan fingerprint density at radius 1 is 1.33 bits per heavy atom. The van der Waals surface area contributed by atoms with Gasteiger partial charge in [0.15, 0.2) is 0 Å². The van der Waals surface area contributed by atoms with Crippen molar-refractivity contribution in [2.75, 3.05) is 5.32 Å². The molecule has 2 rings (SSSR count). The van der Waals surface area contributed by atoms with Gasteiger partial charge in [-0.05, 0) is 31.0 Å². The highest BCUT2D eigenvalue weighted by Gasteiger charge is 2.20. The highest BCUT2D eigenvalue weighted by molar-refractivity contribution is 6.30. The van der Waals surface area contributed by atoms with Crippen molar-refractivity contribution in [2.45, 2.75) is 18.9 Å². The van der Waals surface area contributed by atoms with E-state index in [0.717, 1.165) is 10.7 Å². The van der Waals surface area contributed by atoms with Crippen LogP contribution < -0.4 is 5.32 Å². The largest absolute Gasteiger partial charge is 0.382 e. The van der Waals surface area contributed by atoms with Crippen LogP contribution in [0.5, 0.6) is 0 Å². The van der Waals surface area contributed by atoms with E-state index in [2.05, 4.69) is 5.32 Å². The fourth-order valence-corrected chi connectivity index (χ4v) is 1.23. The van der Waals surface area contributed by atoms with Crippen LogP contribution in [0.4, 0.5) is 5.69 Å². The van der Waals surface area contributed by atoms with E-state index in [-0.39, 0.29) is 12.4 Å². The third-order valence-corrected chi connectivity index (χ3v) is 2.01. The summed E-state index contributed by atoms with van der Waals surface area (Å²) >= 11 is 5.81. The molecule has 1 nitrogen and oxygen atoms in total. The van der Waals surface area contributed by atoms with Gasteiger partial charge >= 0.3 is 0 Å². The first-order valence-electron chi connectivity index (χ1n) is 3.87. The molecule has 1 saturated carbocycles. The molecule has 0 atom stereocenters. The molecular formula is C9H11Cl2N. The van der Waals surface area contributed by atoms with Crippen molar-refractivity contribution in [1.82, 2.24) is 0 Å². The van der Waals surface area contributed by atoms with Crippen LogP contribution in [-0.4, -0.2) is 6.04 Å². The lowest BCUT2D eigenvalue weighted by Crippen LogP contribution is -1.99. The van der Waals surface area contributed by atoms with Gasteiger partial charge in [0.2, 0.25) is 0 Å². The van der Waals surface area contributed by atoms with Crippen molar-refractivity contribution in [3.63, 3.8) is 0 Å². The zero-order valence-electron chi connectivity index (χ0n) is 6.59. The van der Waals surface area contributed by atoms with Crippen molar-refractivity contribution < 1.29 is 0 Å². The normalized spacial score (nSPS) is 15.1. The molecule has 1 aromatic carbocycles. The highest BCUT2D eigenvalue weighted by Crippen LogP contribution is 2.25. The van der Waals surface area contributed by atoms with Crippen LogP contribution in [0.3, 0.4) is 0 Å². The fraction of sp³-hybridized carbons (Fsp3) is 0.333. The van der Waals surface area contributed by atoms with E-state index in [1.165, 1.54) is 12.8 Å². The van der Waals surface area contributed by atoms with E-state index in [1.54, 1.807) is 0 Å². The quantitative estimate of drug-likeness (QED) is 0.778. The van der Waals surface area contributed by atoms with E-state index >= 15 is 0 Å². The average Bonchev–Trinajstić information content (AvgIpc) is 2.71. The summed E-state index contributed by atoms with van der Waals surface area (Å²) in [6.45, 7) is 0. The maximum Gasteiger partial charge on any atom is 0.0426 e. The minimum atomic E-state index is 0. The molecule has 1 N–H and O–H groups in total. The molecule has 1 aliphatic carbocycles. The molecule has 3 heteroatoms. The van der Waals surface area contributed by atoms with Crippen LogP contribution in [0.15, 0.2) is 24.3 Å². The van der Waals surface area contributed by atoms with Gasteiger partial charge in [0.25, 0.3) is 0 Å². The molecule has 0 radical (unpaired) electrons. The van der Waals surface area contributed by atoms with Gasteiger partial charge in [-0.2, -0.15) is 0 Å². The number of nitrogens with one attached hydrogen (secondary N) is 1. The van der Waals surface area contributed by atoms with Crippen molar-refractivity contribution in [3.05, 3.63) is 29.3 Å². The first kappa shape index (κ1) is 9.69. The monoisotopic (exact) mass is 203 g/mol. The Morgan fingerprint density at radius 3 is 2.67 bits per heavy atom. The van der Waals surface area contributed by atoms with Crippen LogP contribution in [0.2, 0.25) is 5.02 Å². The second-order valence-corrected chi connectivity index (χ2v) is 3.37. The molecule has 0 bridgehead atoms. The molecule has 0 saturated heterocycles. The van der Waals surface area contributed by atoms with Crippen LogP contribution in [0.1, 0.15) is 12.8 Å². The lowest BCUT2D eigenvalue weighted by atomic mass is 10.3. The van der Waals surface area contributed by atoms with E-state index < -0.39 is 0 Å². The maximum absolute atomic E-state index is 5.81. The van der Waals surface area contributed by atoms with Gasteiger partial charge in [0, 0.05) is 16.8 Å². The number of halogens is 2. The van der Waals surface area contributed by atoms with Gasteiger partial charge in [-0.15, -0.1) is 12.4 Å². The van der Waals surface area contributed by atoms with Gasteiger partial charge < -0.3 is 5.32 Å². The van der Waals surface area contributed by atoms with Crippen molar-refractivity contribution in [3.8, 4) is 0 Å². The SMILES string of the molecule is Cl.Clc1cccc(NC2CC2)c1. The van der Waals surface area contributed by atoms with E-state index in [9.17, 15) is 0 Å². The molecule has 12 heavy (non-hydrogen) atoms. The van der Waals surface area contributed by atoms with Gasteiger partial charge in [-0.1, -0.05) is 17.7 Å². The number of hydrogen-bond acceptors (Lipinski definition) is 1. The smallest absolute Gasteiger partial charge is 0.0426 e. The molecule has 0 spiro atoms. The fourth-order valence-electron chi connectivity index (χ4n) is 1.04. The lowest BCUT2D eigenvalue weighted by Gasteiger charge is -2.02. The minimum Gasteiger partial charge on any atom is -0.382 e. The molecule has 0 heterocycles. The van der Waals surface area contributed by atoms with E-state index in [4.69, 9.17) is 11.6 Å². The summed E-state index contributed by atoms with van der Waals surface area (Å²) in [4.78, 5) is 0. The van der Waals surface area contributed by atoms with Gasteiger partial charge in [0.1, 0.15) is 0 Å². The first-order valence-corrected chi connectivity index (χ1v) is 4.24. The first-order chi connectivity index (χ1) is 5.34. The summed E-state index contributed by atoms with van der Waals surface area (Å²) in [6, 6.07) is 8.56. The molecule has 0 aromatic heterocycles. The maximum atomic E-state index is 5.81. The Hall–Kier alpha value is -0.400.